The van der Waals surface area contributed by atoms with E-state index < -0.39 is 23.7 Å². The van der Waals surface area contributed by atoms with Crippen molar-refractivity contribution in [1.29, 1.82) is 0 Å². The largest absolute Gasteiger partial charge is 0.462 e. The van der Waals surface area contributed by atoms with Gasteiger partial charge in [0.1, 0.15) is 0 Å². The standard InChI is InChI=1S/C32H50O5/c1-20(2)37-29(36)31(6,7)28(35)15-17-30(4,5)27-14-13-25-22(10-9-16-32(25,27)8)11-12-23-18-24(33)19-26(34)21(23)3/h11-12,15,17,20,24-28,33-35H,3,9-10,13-14,16,18-19H2,1-2,4-8H3/b17-15+,22-11+,23-12-/t24-,25+,26+,27-,28-,32+/m1/s1. The third-order valence-corrected chi connectivity index (χ3v) is 9.44. The lowest BCUT2D eigenvalue weighted by atomic mass is 9.57. The molecule has 0 aromatic heterocycles. The first-order valence-electron chi connectivity index (χ1n) is 14.1. The number of carbonyl (C=O) groups is 1. The number of aliphatic hydroxyl groups excluding tert-OH is 3. The summed E-state index contributed by atoms with van der Waals surface area (Å²) in [5.74, 6) is 0.552. The fraction of sp³-hybridized carbons (Fsp3) is 0.719. The number of aliphatic hydroxyl groups is 3. The second-order valence-electron chi connectivity index (χ2n) is 13.4. The predicted octanol–water partition coefficient (Wildman–Crippen LogP) is 6.05. The Morgan fingerprint density at radius 1 is 1.16 bits per heavy atom. The van der Waals surface area contributed by atoms with Crippen molar-refractivity contribution in [3.63, 3.8) is 0 Å². The number of allylic oxidation sites excluding steroid dienone is 4. The SMILES string of the molecule is C=C1/C(=C\C=C2/CCC[C@]3(C)[C@@H](C(C)(C)/C=C/[C@@H](O)C(C)(C)C(=O)OC(C)C)CC[C@@H]23)C[C@@H](O)C[C@@H]1O. The summed E-state index contributed by atoms with van der Waals surface area (Å²) in [6, 6.07) is 0. The van der Waals surface area contributed by atoms with Gasteiger partial charge in [-0.05, 0) is 100 Å². The van der Waals surface area contributed by atoms with Crippen molar-refractivity contribution in [3.05, 3.63) is 47.6 Å². The van der Waals surface area contributed by atoms with Crippen LogP contribution in [0, 0.1) is 28.1 Å². The van der Waals surface area contributed by atoms with Crippen molar-refractivity contribution in [2.24, 2.45) is 28.1 Å². The summed E-state index contributed by atoms with van der Waals surface area (Å²) in [6.07, 6.45) is 12.5. The molecule has 0 unspecified atom stereocenters. The highest BCUT2D eigenvalue weighted by Gasteiger charge is 2.53. The van der Waals surface area contributed by atoms with E-state index in [1.807, 2.05) is 13.8 Å². The molecule has 5 heteroatoms. The van der Waals surface area contributed by atoms with Crippen LogP contribution in [-0.2, 0) is 9.53 Å². The molecule has 37 heavy (non-hydrogen) atoms. The van der Waals surface area contributed by atoms with Crippen LogP contribution in [0.15, 0.2) is 47.6 Å². The van der Waals surface area contributed by atoms with Crippen LogP contribution in [0.2, 0.25) is 0 Å². The van der Waals surface area contributed by atoms with Crippen molar-refractivity contribution < 1.29 is 24.9 Å². The van der Waals surface area contributed by atoms with Gasteiger partial charge in [0, 0.05) is 6.42 Å². The van der Waals surface area contributed by atoms with Gasteiger partial charge in [-0.1, -0.05) is 57.2 Å². The van der Waals surface area contributed by atoms with Gasteiger partial charge in [-0.15, -0.1) is 0 Å². The van der Waals surface area contributed by atoms with E-state index in [1.165, 1.54) is 12.0 Å². The quantitative estimate of drug-likeness (QED) is 0.284. The van der Waals surface area contributed by atoms with E-state index >= 15 is 0 Å². The molecule has 3 aliphatic carbocycles. The Kier molecular flexibility index (Phi) is 9.04. The highest BCUT2D eigenvalue weighted by atomic mass is 16.5. The predicted molar refractivity (Wildman–Crippen MR) is 149 cm³/mol. The van der Waals surface area contributed by atoms with Gasteiger partial charge in [0.2, 0.25) is 0 Å². The van der Waals surface area contributed by atoms with Crippen molar-refractivity contribution in [1.82, 2.24) is 0 Å². The molecule has 3 aliphatic rings. The summed E-state index contributed by atoms with van der Waals surface area (Å²) < 4.78 is 5.37. The van der Waals surface area contributed by atoms with Crippen LogP contribution in [-0.4, -0.2) is 45.7 Å². The molecule has 5 nitrogen and oxygen atoms in total. The fourth-order valence-corrected chi connectivity index (χ4v) is 7.11. The molecule has 3 saturated carbocycles. The Hall–Kier alpha value is -1.69. The molecule has 0 heterocycles. The average molecular weight is 515 g/mol. The van der Waals surface area contributed by atoms with Crippen molar-refractivity contribution in [2.45, 2.75) is 118 Å². The van der Waals surface area contributed by atoms with Crippen LogP contribution < -0.4 is 0 Å². The first kappa shape index (κ1) is 29.9. The Bertz CT molecular complexity index is 952. The van der Waals surface area contributed by atoms with E-state index in [1.54, 1.807) is 19.9 Å². The Morgan fingerprint density at radius 3 is 2.49 bits per heavy atom. The van der Waals surface area contributed by atoms with Gasteiger partial charge in [0.25, 0.3) is 0 Å². The zero-order valence-corrected chi connectivity index (χ0v) is 24.1. The summed E-state index contributed by atoms with van der Waals surface area (Å²) >= 11 is 0. The molecule has 0 aromatic rings. The minimum absolute atomic E-state index is 0.144. The van der Waals surface area contributed by atoms with Gasteiger partial charge in [0.05, 0.1) is 29.8 Å². The number of fused-ring (bicyclic) bond motifs is 1. The van der Waals surface area contributed by atoms with E-state index in [0.717, 1.165) is 36.8 Å². The maximum absolute atomic E-state index is 12.5. The van der Waals surface area contributed by atoms with Gasteiger partial charge in [0.15, 0.2) is 0 Å². The van der Waals surface area contributed by atoms with Crippen LogP contribution >= 0.6 is 0 Å². The second-order valence-corrected chi connectivity index (χ2v) is 13.4. The maximum atomic E-state index is 12.5. The number of hydrogen-bond acceptors (Lipinski definition) is 5. The minimum Gasteiger partial charge on any atom is -0.462 e. The van der Waals surface area contributed by atoms with Crippen molar-refractivity contribution in [2.75, 3.05) is 0 Å². The van der Waals surface area contributed by atoms with Crippen LogP contribution in [0.25, 0.3) is 0 Å². The lowest BCUT2D eigenvalue weighted by Gasteiger charge is -2.47. The molecule has 208 valence electrons. The highest BCUT2D eigenvalue weighted by molar-refractivity contribution is 5.77. The third-order valence-electron chi connectivity index (χ3n) is 9.44. The van der Waals surface area contributed by atoms with Crippen LogP contribution in [0.1, 0.15) is 93.4 Å². The molecule has 0 aromatic carbocycles. The molecule has 6 atom stereocenters. The summed E-state index contributed by atoms with van der Waals surface area (Å²) in [6.45, 7) is 18.1. The van der Waals surface area contributed by atoms with Crippen LogP contribution in [0.5, 0.6) is 0 Å². The van der Waals surface area contributed by atoms with E-state index in [-0.39, 0.29) is 22.9 Å². The van der Waals surface area contributed by atoms with Crippen molar-refractivity contribution in [3.8, 4) is 0 Å². The molecule has 3 rings (SSSR count). The molecule has 0 radical (unpaired) electrons. The third kappa shape index (κ3) is 6.32. The van der Waals surface area contributed by atoms with E-state index in [0.29, 0.717) is 24.7 Å². The van der Waals surface area contributed by atoms with Gasteiger partial charge in [-0.3, -0.25) is 4.79 Å². The number of ether oxygens (including phenoxy) is 1. The average Bonchev–Trinajstić information content (AvgIpc) is 3.16. The Morgan fingerprint density at radius 2 is 1.84 bits per heavy atom. The summed E-state index contributed by atoms with van der Waals surface area (Å²) in [7, 11) is 0. The summed E-state index contributed by atoms with van der Waals surface area (Å²) in [4.78, 5) is 12.5. The monoisotopic (exact) mass is 514 g/mol. The number of rotatable bonds is 7. The topological polar surface area (TPSA) is 87.0 Å². The van der Waals surface area contributed by atoms with E-state index in [4.69, 9.17) is 4.74 Å². The summed E-state index contributed by atoms with van der Waals surface area (Å²) in [5.41, 5.74) is 2.14. The van der Waals surface area contributed by atoms with Gasteiger partial charge in [-0.2, -0.15) is 0 Å². The molecule has 3 fully saturated rings. The number of hydrogen-bond donors (Lipinski definition) is 3. The Labute approximate surface area is 224 Å². The van der Waals surface area contributed by atoms with E-state index in [9.17, 15) is 20.1 Å². The molecule has 0 bridgehead atoms. The molecular formula is C32H50O5. The highest BCUT2D eigenvalue weighted by Crippen LogP contribution is 2.62. The normalized spacial score (nSPS) is 34.4. The van der Waals surface area contributed by atoms with Crippen molar-refractivity contribution >= 4 is 5.97 Å². The summed E-state index contributed by atoms with van der Waals surface area (Å²) in [5, 5.41) is 31.2. The molecule has 0 spiro atoms. The van der Waals surface area contributed by atoms with Crippen LogP contribution in [0.3, 0.4) is 0 Å². The Balaban J connectivity index is 1.78. The zero-order chi connectivity index (χ0) is 27.8. The molecule has 3 N–H and O–H groups in total. The smallest absolute Gasteiger partial charge is 0.314 e. The first-order valence-corrected chi connectivity index (χ1v) is 14.1. The molecule has 0 aliphatic heterocycles. The molecular weight excluding hydrogens is 464 g/mol. The lowest BCUT2D eigenvalue weighted by Crippen LogP contribution is -2.40. The number of esters is 1. The lowest BCUT2D eigenvalue weighted by molar-refractivity contribution is -0.162. The molecule has 0 saturated heterocycles. The minimum atomic E-state index is -1.02. The molecule has 0 amide bonds. The van der Waals surface area contributed by atoms with Gasteiger partial charge >= 0.3 is 5.97 Å². The first-order chi connectivity index (χ1) is 17.1. The van der Waals surface area contributed by atoms with Gasteiger partial charge < -0.3 is 20.1 Å². The van der Waals surface area contributed by atoms with Crippen LogP contribution in [0.4, 0.5) is 0 Å². The van der Waals surface area contributed by atoms with Gasteiger partial charge in [-0.25, -0.2) is 0 Å². The number of carbonyl (C=O) groups excluding carboxylic acids is 1. The zero-order valence-electron chi connectivity index (χ0n) is 24.1. The second kappa shape index (κ2) is 11.2. The fourth-order valence-electron chi connectivity index (χ4n) is 7.11. The van der Waals surface area contributed by atoms with E-state index in [2.05, 4.69) is 45.6 Å². The maximum Gasteiger partial charge on any atom is 0.314 e.